The van der Waals surface area contributed by atoms with Gasteiger partial charge in [-0.3, -0.25) is 4.79 Å². The molecule has 0 spiro atoms. The minimum atomic E-state index is -0.378. The lowest BCUT2D eigenvalue weighted by Crippen LogP contribution is -2.26. The Morgan fingerprint density at radius 3 is 2.95 bits per heavy atom. The van der Waals surface area contributed by atoms with E-state index in [1.54, 1.807) is 0 Å². The molecule has 0 atom stereocenters. The smallest absolute Gasteiger partial charge is 0.287 e. The van der Waals surface area contributed by atoms with Crippen LogP contribution in [0.2, 0.25) is 5.02 Å². The first kappa shape index (κ1) is 14.3. The highest BCUT2D eigenvalue weighted by atomic mass is 35.5. The van der Waals surface area contributed by atoms with Crippen molar-refractivity contribution < 1.29 is 5.11 Å². The van der Waals surface area contributed by atoms with Crippen LogP contribution in [0.3, 0.4) is 0 Å². The molecule has 1 aliphatic carbocycles. The van der Waals surface area contributed by atoms with Crippen molar-refractivity contribution in [3.8, 4) is 0 Å². The Labute approximate surface area is 116 Å². The number of nitrogens with one attached hydrogen (secondary N) is 2. The zero-order chi connectivity index (χ0) is 13.7. The molecule has 0 amide bonds. The molecule has 1 aromatic heterocycles. The third-order valence-electron chi connectivity index (χ3n) is 2.98. The number of aliphatic hydroxyl groups is 1. The minimum absolute atomic E-state index is 0.124. The van der Waals surface area contributed by atoms with Gasteiger partial charge in [-0.05, 0) is 25.8 Å². The number of anilines is 1. The summed E-state index contributed by atoms with van der Waals surface area (Å²) in [7, 11) is 0. The maximum atomic E-state index is 11.8. The van der Waals surface area contributed by atoms with Crippen LogP contribution in [0.25, 0.3) is 0 Å². The van der Waals surface area contributed by atoms with Crippen molar-refractivity contribution in [2.24, 2.45) is 0 Å². The largest absolute Gasteiger partial charge is 0.394 e. The Balaban J connectivity index is 1.82. The maximum Gasteiger partial charge on any atom is 0.287 e. The lowest BCUT2D eigenvalue weighted by Gasteiger charge is -2.09. The van der Waals surface area contributed by atoms with Gasteiger partial charge in [-0.2, -0.15) is 5.10 Å². The molecular formula is C12H19ClN4O2. The van der Waals surface area contributed by atoms with Gasteiger partial charge in [-0.25, -0.2) is 4.68 Å². The van der Waals surface area contributed by atoms with Crippen LogP contribution in [0.5, 0.6) is 0 Å². The number of aliphatic hydroxyl groups excluding tert-OH is 1. The van der Waals surface area contributed by atoms with E-state index >= 15 is 0 Å². The molecule has 19 heavy (non-hydrogen) atoms. The van der Waals surface area contributed by atoms with Crippen LogP contribution in [-0.2, 0) is 6.54 Å². The van der Waals surface area contributed by atoms with E-state index in [4.69, 9.17) is 16.7 Å². The number of halogens is 1. The van der Waals surface area contributed by atoms with Crippen LogP contribution in [0.4, 0.5) is 5.69 Å². The van der Waals surface area contributed by atoms with Gasteiger partial charge in [-0.15, -0.1) is 0 Å². The Morgan fingerprint density at radius 1 is 1.47 bits per heavy atom. The lowest BCUT2D eigenvalue weighted by molar-refractivity contribution is 0.266. The first-order valence-corrected chi connectivity index (χ1v) is 6.94. The molecule has 0 aliphatic heterocycles. The van der Waals surface area contributed by atoms with E-state index in [1.807, 2.05) is 0 Å². The zero-order valence-corrected chi connectivity index (χ0v) is 11.5. The molecule has 1 aromatic rings. The van der Waals surface area contributed by atoms with Gasteiger partial charge in [-0.1, -0.05) is 11.6 Å². The van der Waals surface area contributed by atoms with E-state index in [0.29, 0.717) is 11.7 Å². The highest BCUT2D eigenvalue weighted by Gasteiger charge is 2.19. The molecule has 7 heteroatoms. The van der Waals surface area contributed by atoms with Crippen LogP contribution in [0.1, 0.15) is 19.3 Å². The molecule has 106 valence electrons. The fraction of sp³-hybridized carbons (Fsp3) is 0.667. The summed E-state index contributed by atoms with van der Waals surface area (Å²) in [4.78, 5) is 11.8. The van der Waals surface area contributed by atoms with Gasteiger partial charge >= 0.3 is 0 Å². The molecule has 1 fully saturated rings. The maximum absolute atomic E-state index is 11.8. The molecule has 1 saturated carbocycles. The number of aromatic nitrogens is 2. The summed E-state index contributed by atoms with van der Waals surface area (Å²) in [5, 5.41) is 19.4. The second-order valence-electron chi connectivity index (χ2n) is 4.63. The first-order chi connectivity index (χ1) is 9.22. The van der Waals surface area contributed by atoms with Crippen LogP contribution < -0.4 is 16.2 Å². The van der Waals surface area contributed by atoms with E-state index in [0.717, 1.165) is 24.2 Å². The summed E-state index contributed by atoms with van der Waals surface area (Å²) >= 11 is 5.97. The fourth-order valence-corrected chi connectivity index (χ4v) is 1.96. The molecule has 6 nitrogen and oxygen atoms in total. The van der Waals surface area contributed by atoms with Gasteiger partial charge in [0.05, 0.1) is 25.0 Å². The van der Waals surface area contributed by atoms with Crippen molar-refractivity contribution in [3.63, 3.8) is 0 Å². The first-order valence-electron chi connectivity index (χ1n) is 6.56. The van der Waals surface area contributed by atoms with Crippen molar-refractivity contribution in [1.82, 2.24) is 15.1 Å². The van der Waals surface area contributed by atoms with Gasteiger partial charge < -0.3 is 15.7 Å². The topological polar surface area (TPSA) is 79.2 Å². The Bertz CT molecular complexity index is 473. The van der Waals surface area contributed by atoms with Gasteiger partial charge in [0.2, 0.25) is 0 Å². The van der Waals surface area contributed by atoms with Crippen LogP contribution in [-0.4, -0.2) is 40.6 Å². The van der Waals surface area contributed by atoms with Crippen LogP contribution in [0.15, 0.2) is 11.0 Å². The summed E-state index contributed by atoms with van der Waals surface area (Å²) < 4.78 is 1.15. The molecule has 3 N–H and O–H groups in total. The molecule has 1 heterocycles. The third-order valence-corrected chi connectivity index (χ3v) is 3.34. The molecule has 1 aliphatic rings. The van der Waals surface area contributed by atoms with Crippen molar-refractivity contribution in [2.45, 2.75) is 31.8 Å². The monoisotopic (exact) mass is 286 g/mol. The standard InChI is InChI=1S/C12H19ClN4O2/c13-11-10(8-16-17(6-7-18)12(11)19)15-5-1-4-14-9-2-3-9/h8-9,14-15,18H,1-7H2. The van der Waals surface area contributed by atoms with Crippen LogP contribution >= 0.6 is 11.6 Å². The average molecular weight is 287 g/mol. The van der Waals surface area contributed by atoms with E-state index in [-0.39, 0.29) is 23.7 Å². The summed E-state index contributed by atoms with van der Waals surface area (Å²) in [6.07, 6.45) is 5.05. The second kappa shape index (κ2) is 6.88. The Kier molecular flexibility index (Phi) is 5.18. The minimum Gasteiger partial charge on any atom is -0.394 e. The van der Waals surface area contributed by atoms with E-state index in [2.05, 4.69) is 15.7 Å². The van der Waals surface area contributed by atoms with Crippen molar-refractivity contribution >= 4 is 17.3 Å². The zero-order valence-electron chi connectivity index (χ0n) is 10.7. The Morgan fingerprint density at radius 2 is 2.26 bits per heavy atom. The fourth-order valence-electron chi connectivity index (χ4n) is 1.75. The molecule has 0 saturated heterocycles. The molecule has 2 rings (SSSR count). The van der Waals surface area contributed by atoms with E-state index in [1.165, 1.54) is 19.0 Å². The van der Waals surface area contributed by atoms with E-state index < -0.39 is 0 Å². The highest BCUT2D eigenvalue weighted by Crippen LogP contribution is 2.18. The summed E-state index contributed by atoms with van der Waals surface area (Å²) in [6.45, 7) is 1.72. The second-order valence-corrected chi connectivity index (χ2v) is 5.01. The normalized spacial score (nSPS) is 14.6. The van der Waals surface area contributed by atoms with Crippen LogP contribution in [0, 0.1) is 0 Å². The summed E-state index contributed by atoms with van der Waals surface area (Å²) in [5.74, 6) is 0. The third kappa shape index (κ3) is 4.19. The number of hydrogen-bond donors (Lipinski definition) is 3. The molecule has 0 bridgehead atoms. The number of hydrogen-bond acceptors (Lipinski definition) is 5. The van der Waals surface area contributed by atoms with Crippen molar-refractivity contribution in [2.75, 3.05) is 25.0 Å². The Hall–Kier alpha value is -1.11. The van der Waals surface area contributed by atoms with E-state index in [9.17, 15) is 4.79 Å². The summed E-state index contributed by atoms with van der Waals surface area (Å²) in [6, 6.07) is 0.715. The van der Waals surface area contributed by atoms with Crippen molar-refractivity contribution in [1.29, 1.82) is 0 Å². The average Bonchev–Trinajstić information content (AvgIpc) is 3.21. The molecular weight excluding hydrogens is 268 g/mol. The predicted octanol–water partition coefficient (Wildman–Crippen LogP) is 0.443. The van der Waals surface area contributed by atoms with Gasteiger partial charge in [0, 0.05) is 12.6 Å². The predicted molar refractivity (Wildman–Crippen MR) is 74.7 cm³/mol. The molecule has 0 radical (unpaired) electrons. The quantitative estimate of drug-likeness (QED) is 0.605. The van der Waals surface area contributed by atoms with Crippen molar-refractivity contribution in [3.05, 3.63) is 21.6 Å². The molecule has 0 unspecified atom stereocenters. The number of nitrogens with zero attached hydrogens (tertiary/aromatic N) is 2. The highest BCUT2D eigenvalue weighted by molar-refractivity contribution is 6.32. The lowest BCUT2D eigenvalue weighted by atomic mass is 10.3. The SMILES string of the molecule is O=c1c(Cl)c(NCCCNC2CC2)cnn1CCO. The van der Waals surface area contributed by atoms with Gasteiger partial charge in [0.15, 0.2) is 0 Å². The number of rotatable bonds is 8. The molecule has 0 aromatic carbocycles. The van der Waals surface area contributed by atoms with Gasteiger partial charge in [0.25, 0.3) is 5.56 Å². The van der Waals surface area contributed by atoms with Gasteiger partial charge in [0.1, 0.15) is 5.02 Å². The summed E-state index contributed by atoms with van der Waals surface area (Å²) in [5.41, 5.74) is 0.170.